The van der Waals surface area contributed by atoms with Crippen LogP contribution in [0.3, 0.4) is 0 Å². The fourth-order valence-electron chi connectivity index (χ4n) is 4.72. The number of benzene rings is 2. The van der Waals surface area contributed by atoms with E-state index >= 15 is 0 Å². The monoisotopic (exact) mass is 502 g/mol. The Kier molecular flexibility index (Phi) is 8.66. The predicted molar refractivity (Wildman–Crippen MR) is 144 cm³/mol. The van der Waals surface area contributed by atoms with Gasteiger partial charge in [0, 0.05) is 62.4 Å². The third kappa shape index (κ3) is 6.80. The standard InChI is InChI=1S/C30H35FN4O2/c1-22(2)33-15-4-16-35(30(37)25-11-13-32-14-12-25)28-10-9-27(31)20-26(28)21-34(18-17-33)29(36)19-24-7-5-23(3)6-8-24/h5-14,20,22H,4,15-19,21H2,1-3H3. The van der Waals surface area contributed by atoms with Crippen molar-refractivity contribution in [1.82, 2.24) is 14.8 Å². The van der Waals surface area contributed by atoms with Gasteiger partial charge < -0.3 is 9.80 Å². The first-order chi connectivity index (χ1) is 17.8. The molecule has 1 aliphatic heterocycles. The van der Waals surface area contributed by atoms with Gasteiger partial charge in [0.05, 0.1) is 6.42 Å². The lowest BCUT2D eigenvalue weighted by molar-refractivity contribution is -0.131. The molecule has 0 saturated carbocycles. The highest BCUT2D eigenvalue weighted by Crippen LogP contribution is 2.27. The maximum atomic E-state index is 14.5. The summed E-state index contributed by atoms with van der Waals surface area (Å²) in [5.74, 6) is -0.572. The fraction of sp³-hybridized carbons (Fsp3) is 0.367. The van der Waals surface area contributed by atoms with Crippen molar-refractivity contribution < 1.29 is 14.0 Å². The molecule has 0 bridgehead atoms. The SMILES string of the molecule is Cc1ccc(CC(=O)N2CCN(C(C)C)CCCN(C(=O)c3ccncc3)c3ccc(F)cc3C2)cc1. The van der Waals surface area contributed by atoms with E-state index in [0.717, 1.165) is 24.1 Å². The van der Waals surface area contributed by atoms with Crippen molar-refractivity contribution in [2.45, 2.75) is 46.2 Å². The number of pyridine rings is 1. The minimum absolute atomic E-state index is 0.0194. The van der Waals surface area contributed by atoms with Crippen molar-refractivity contribution in [2.75, 3.05) is 31.1 Å². The number of hydrogen-bond donors (Lipinski definition) is 0. The van der Waals surface area contributed by atoms with E-state index in [2.05, 4.69) is 23.7 Å². The Labute approximate surface area is 218 Å². The molecule has 0 spiro atoms. The number of aryl methyl sites for hydroxylation is 1. The zero-order chi connectivity index (χ0) is 26.4. The molecule has 0 unspecified atom stereocenters. The lowest BCUT2D eigenvalue weighted by Crippen LogP contribution is -2.41. The van der Waals surface area contributed by atoms with Crippen LogP contribution in [0.25, 0.3) is 0 Å². The van der Waals surface area contributed by atoms with Crippen LogP contribution in [0.1, 0.15) is 47.3 Å². The van der Waals surface area contributed by atoms with Crippen molar-refractivity contribution in [3.05, 3.63) is 95.1 Å². The van der Waals surface area contributed by atoms with Gasteiger partial charge in [-0.2, -0.15) is 0 Å². The van der Waals surface area contributed by atoms with E-state index in [-0.39, 0.29) is 30.6 Å². The lowest BCUT2D eigenvalue weighted by atomic mass is 10.1. The molecule has 0 atom stereocenters. The quantitative estimate of drug-likeness (QED) is 0.511. The van der Waals surface area contributed by atoms with E-state index in [4.69, 9.17) is 0 Å². The maximum Gasteiger partial charge on any atom is 0.258 e. The van der Waals surface area contributed by atoms with Crippen LogP contribution in [0.5, 0.6) is 0 Å². The number of nitrogens with zero attached hydrogens (tertiary/aromatic N) is 4. The van der Waals surface area contributed by atoms with Crippen molar-refractivity contribution in [3.8, 4) is 0 Å². The number of amides is 2. The molecule has 2 aromatic carbocycles. The Morgan fingerprint density at radius 3 is 2.38 bits per heavy atom. The van der Waals surface area contributed by atoms with Crippen molar-refractivity contribution in [2.24, 2.45) is 0 Å². The molecular weight excluding hydrogens is 467 g/mol. The number of hydrogen-bond acceptors (Lipinski definition) is 4. The van der Waals surface area contributed by atoms with Crippen LogP contribution >= 0.6 is 0 Å². The molecule has 3 aromatic rings. The first kappa shape index (κ1) is 26.5. The second kappa shape index (κ2) is 12.1. The van der Waals surface area contributed by atoms with Crippen LogP contribution in [0.2, 0.25) is 0 Å². The summed E-state index contributed by atoms with van der Waals surface area (Å²) in [7, 11) is 0. The molecule has 194 valence electrons. The van der Waals surface area contributed by atoms with Gasteiger partial charge >= 0.3 is 0 Å². The number of carbonyl (C=O) groups is 2. The van der Waals surface area contributed by atoms with E-state index in [1.807, 2.05) is 31.2 Å². The largest absolute Gasteiger partial charge is 0.337 e. The number of anilines is 1. The van der Waals surface area contributed by atoms with Crippen molar-refractivity contribution in [3.63, 3.8) is 0 Å². The van der Waals surface area contributed by atoms with Gasteiger partial charge in [0.1, 0.15) is 5.82 Å². The van der Waals surface area contributed by atoms with E-state index < -0.39 is 0 Å². The summed E-state index contributed by atoms with van der Waals surface area (Å²) in [5.41, 5.74) is 3.86. The van der Waals surface area contributed by atoms with Crippen LogP contribution in [-0.2, 0) is 17.8 Å². The van der Waals surface area contributed by atoms with Gasteiger partial charge in [-0.05, 0) is 68.7 Å². The molecule has 0 N–H and O–H groups in total. The molecule has 37 heavy (non-hydrogen) atoms. The molecule has 6 nitrogen and oxygen atoms in total. The first-order valence-corrected chi connectivity index (χ1v) is 12.9. The van der Waals surface area contributed by atoms with Crippen molar-refractivity contribution >= 4 is 17.5 Å². The second-order valence-electron chi connectivity index (χ2n) is 9.93. The zero-order valence-electron chi connectivity index (χ0n) is 21.9. The smallest absolute Gasteiger partial charge is 0.258 e. The molecule has 0 aliphatic carbocycles. The first-order valence-electron chi connectivity index (χ1n) is 12.9. The Hall–Kier alpha value is -3.58. The molecule has 1 aliphatic rings. The van der Waals surface area contributed by atoms with Crippen LogP contribution in [0.4, 0.5) is 10.1 Å². The van der Waals surface area contributed by atoms with Crippen LogP contribution in [0, 0.1) is 12.7 Å². The summed E-state index contributed by atoms with van der Waals surface area (Å²) >= 11 is 0. The van der Waals surface area contributed by atoms with Gasteiger partial charge in [0.2, 0.25) is 5.91 Å². The summed E-state index contributed by atoms with van der Waals surface area (Å²) in [6.07, 6.45) is 4.21. The molecular formula is C30H35FN4O2. The lowest BCUT2D eigenvalue weighted by Gasteiger charge is -2.30. The van der Waals surface area contributed by atoms with Gasteiger partial charge in [0.25, 0.3) is 5.91 Å². The fourth-order valence-corrected chi connectivity index (χ4v) is 4.72. The Balaban J connectivity index is 1.70. The third-order valence-electron chi connectivity index (χ3n) is 6.91. The average Bonchev–Trinajstić information content (AvgIpc) is 2.92. The summed E-state index contributed by atoms with van der Waals surface area (Å²) in [6, 6.07) is 16.1. The molecule has 0 fully saturated rings. The molecule has 2 heterocycles. The summed E-state index contributed by atoms with van der Waals surface area (Å²) < 4.78 is 14.5. The highest BCUT2D eigenvalue weighted by molar-refractivity contribution is 6.06. The third-order valence-corrected chi connectivity index (χ3v) is 6.91. The topological polar surface area (TPSA) is 56.8 Å². The highest BCUT2D eigenvalue weighted by atomic mass is 19.1. The second-order valence-corrected chi connectivity index (χ2v) is 9.93. The Morgan fingerprint density at radius 1 is 0.946 bits per heavy atom. The van der Waals surface area contributed by atoms with Gasteiger partial charge in [-0.25, -0.2) is 4.39 Å². The minimum atomic E-state index is -0.389. The highest BCUT2D eigenvalue weighted by Gasteiger charge is 2.25. The van der Waals surface area contributed by atoms with Gasteiger partial charge in [-0.3, -0.25) is 19.5 Å². The number of carbonyl (C=O) groups excluding carboxylic acids is 2. The zero-order valence-corrected chi connectivity index (χ0v) is 21.9. The molecule has 7 heteroatoms. The van der Waals surface area contributed by atoms with E-state index in [9.17, 15) is 14.0 Å². The molecule has 2 amide bonds. The molecule has 4 rings (SSSR count). The Morgan fingerprint density at radius 2 is 1.68 bits per heavy atom. The number of rotatable bonds is 4. The number of halogens is 1. The summed E-state index contributed by atoms with van der Waals surface area (Å²) in [5, 5.41) is 0. The van der Waals surface area contributed by atoms with E-state index in [0.29, 0.717) is 42.5 Å². The van der Waals surface area contributed by atoms with Crippen molar-refractivity contribution in [1.29, 1.82) is 0 Å². The summed E-state index contributed by atoms with van der Waals surface area (Å²) in [6.45, 7) is 9.03. The molecule has 0 saturated heterocycles. The van der Waals surface area contributed by atoms with E-state index in [1.165, 1.54) is 12.1 Å². The van der Waals surface area contributed by atoms with E-state index in [1.54, 1.807) is 40.4 Å². The summed E-state index contributed by atoms with van der Waals surface area (Å²) in [4.78, 5) is 37.0. The number of fused-ring (bicyclic) bond motifs is 1. The molecule has 1 aromatic heterocycles. The Bertz CT molecular complexity index is 1210. The normalized spacial score (nSPS) is 15.3. The van der Waals surface area contributed by atoms with Gasteiger partial charge in [-0.15, -0.1) is 0 Å². The van der Waals surface area contributed by atoms with Gasteiger partial charge in [-0.1, -0.05) is 29.8 Å². The van der Waals surface area contributed by atoms with Crippen LogP contribution < -0.4 is 4.90 Å². The number of aromatic nitrogens is 1. The van der Waals surface area contributed by atoms with Gasteiger partial charge in [0.15, 0.2) is 0 Å². The minimum Gasteiger partial charge on any atom is -0.337 e. The van der Waals surface area contributed by atoms with Crippen LogP contribution in [-0.4, -0.2) is 58.8 Å². The van der Waals surface area contributed by atoms with Crippen LogP contribution in [0.15, 0.2) is 67.0 Å². The predicted octanol–water partition coefficient (Wildman–Crippen LogP) is 4.86. The molecule has 0 radical (unpaired) electrons. The maximum absolute atomic E-state index is 14.5. The average molecular weight is 503 g/mol.